The first-order chi connectivity index (χ1) is 14.6. The van der Waals surface area contributed by atoms with Crippen molar-refractivity contribution in [1.29, 1.82) is 0 Å². The maximum absolute atomic E-state index is 12.6. The lowest BCUT2D eigenvalue weighted by Gasteiger charge is -2.06. The molecule has 5 heteroatoms. The van der Waals surface area contributed by atoms with E-state index >= 15 is 0 Å². The minimum atomic E-state index is -0.00393. The van der Waals surface area contributed by atoms with Gasteiger partial charge in [0.25, 0.3) is 0 Å². The smallest absolute Gasteiger partial charge is 0.219 e. The predicted octanol–water partition coefficient (Wildman–Crippen LogP) is 4.08. The predicted molar refractivity (Wildman–Crippen MR) is 117 cm³/mol. The van der Waals surface area contributed by atoms with Gasteiger partial charge in [-0.05, 0) is 30.0 Å². The van der Waals surface area contributed by atoms with Crippen molar-refractivity contribution < 1.29 is 14.4 Å². The van der Waals surface area contributed by atoms with Crippen molar-refractivity contribution >= 4 is 28.4 Å². The zero-order valence-corrected chi connectivity index (χ0v) is 17.2. The number of hydrogen-bond acceptors (Lipinski definition) is 4. The molecule has 0 spiro atoms. The number of hydrogen-bond donors (Lipinski definition) is 1. The molecule has 0 saturated carbocycles. The molecule has 0 aliphatic rings. The summed E-state index contributed by atoms with van der Waals surface area (Å²) in [6, 6.07) is 17.0. The summed E-state index contributed by atoms with van der Waals surface area (Å²) < 4.78 is 0. The number of para-hydroxylation sites is 1. The molecule has 3 aromatic rings. The molecule has 5 nitrogen and oxygen atoms in total. The summed E-state index contributed by atoms with van der Waals surface area (Å²) in [5, 5.41) is 3.60. The van der Waals surface area contributed by atoms with Gasteiger partial charge in [0, 0.05) is 49.9 Å². The number of rotatable bonds is 10. The number of nitrogens with one attached hydrogen (secondary N) is 1. The average Bonchev–Trinajstić information content (AvgIpc) is 2.77. The van der Waals surface area contributed by atoms with E-state index in [2.05, 4.69) is 10.3 Å². The van der Waals surface area contributed by atoms with Crippen molar-refractivity contribution in [3.05, 3.63) is 77.5 Å². The number of amides is 1. The molecule has 0 bridgehead atoms. The van der Waals surface area contributed by atoms with E-state index in [1.54, 1.807) is 25.4 Å². The van der Waals surface area contributed by atoms with Crippen molar-refractivity contribution in [2.24, 2.45) is 0 Å². The highest BCUT2D eigenvalue weighted by atomic mass is 16.1. The van der Waals surface area contributed by atoms with Gasteiger partial charge in [0.1, 0.15) is 5.78 Å². The van der Waals surface area contributed by atoms with Crippen LogP contribution in [0.1, 0.15) is 47.2 Å². The van der Waals surface area contributed by atoms with E-state index in [9.17, 15) is 14.4 Å². The molecule has 0 unspecified atom stereocenters. The van der Waals surface area contributed by atoms with E-state index in [4.69, 9.17) is 0 Å². The first-order valence-electron chi connectivity index (χ1n) is 10.2. The standard InChI is InChI=1S/C25H26N2O3/c1-26-24(30)10-3-2-9-23(29)19-13-11-18(12-14-19)16-22(28)17-21-7-4-6-20-8-5-15-27-25(20)21/h4-8,11-15H,2-3,9-10,16-17H2,1H3,(H,26,30). The van der Waals surface area contributed by atoms with Crippen molar-refractivity contribution in [1.82, 2.24) is 10.3 Å². The van der Waals surface area contributed by atoms with Crippen LogP contribution >= 0.6 is 0 Å². The zero-order chi connectivity index (χ0) is 21.3. The Morgan fingerprint density at radius 1 is 0.867 bits per heavy atom. The number of ketones is 2. The van der Waals surface area contributed by atoms with Crippen LogP contribution in [0.25, 0.3) is 10.9 Å². The highest BCUT2D eigenvalue weighted by molar-refractivity contribution is 5.96. The second-order valence-corrected chi connectivity index (χ2v) is 7.38. The topological polar surface area (TPSA) is 76.1 Å². The van der Waals surface area contributed by atoms with Crippen LogP contribution in [0.4, 0.5) is 0 Å². The third-order valence-electron chi connectivity index (χ3n) is 5.12. The molecule has 30 heavy (non-hydrogen) atoms. The molecule has 0 fully saturated rings. The molecule has 0 aliphatic heterocycles. The number of unbranched alkanes of at least 4 members (excludes halogenated alkanes) is 1. The maximum atomic E-state index is 12.6. The summed E-state index contributed by atoms with van der Waals surface area (Å²) in [6.07, 6.45) is 4.64. The number of carbonyl (C=O) groups is 3. The van der Waals surface area contributed by atoms with E-state index in [-0.39, 0.29) is 17.5 Å². The molecule has 0 saturated heterocycles. The number of carbonyl (C=O) groups excluding carboxylic acids is 3. The highest BCUT2D eigenvalue weighted by Gasteiger charge is 2.11. The lowest BCUT2D eigenvalue weighted by Crippen LogP contribution is -2.17. The Morgan fingerprint density at radius 2 is 1.60 bits per heavy atom. The van der Waals surface area contributed by atoms with Gasteiger partial charge < -0.3 is 5.32 Å². The van der Waals surface area contributed by atoms with E-state index in [1.807, 2.05) is 42.5 Å². The van der Waals surface area contributed by atoms with Crippen LogP contribution in [0.15, 0.2) is 60.8 Å². The van der Waals surface area contributed by atoms with Gasteiger partial charge in [0.15, 0.2) is 5.78 Å². The molecule has 3 rings (SSSR count). The molecule has 0 aliphatic carbocycles. The number of aromatic nitrogens is 1. The molecule has 2 aromatic carbocycles. The normalized spacial score (nSPS) is 10.7. The summed E-state index contributed by atoms with van der Waals surface area (Å²) in [7, 11) is 1.61. The number of benzene rings is 2. The van der Waals surface area contributed by atoms with Gasteiger partial charge in [-0.25, -0.2) is 0 Å². The Kier molecular flexibility index (Phi) is 7.44. The SMILES string of the molecule is CNC(=O)CCCCC(=O)c1ccc(CC(=O)Cc2cccc3cccnc23)cc1. The minimum Gasteiger partial charge on any atom is -0.359 e. The fourth-order valence-electron chi connectivity index (χ4n) is 3.46. The fraction of sp³-hybridized carbons (Fsp3) is 0.280. The number of pyridine rings is 1. The van der Waals surface area contributed by atoms with Crippen molar-refractivity contribution in [2.75, 3.05) is 7.05 Å². The summed E-state index contributed by atoms with van der Waals surface area (Å²) >= 11 is 0. The number of fused-ring (bicyclic) bond motifs is 1. The lowest BCUT2D eigenvalue weighted by atomic mass is 9.98. The molecule has 1 aromatic heterocycles. The van der Waals surface area contributed by atoms with E-state index in [0.29, 0.717) is 44.1 Å². The van der Waals surface area contributed by atoms with Crippen LogP contribution < -0.4 is 5.32 Å². The third kappa shape index (κ3) is 5.83. The van der Waals surface area contributed by atoms with Crippen molar-refractivity contribution in [2.45, 2.75) is 38.5 Å². The highest BCUT2D eigenvalue weighted by Crippen LogP contribution is 2.18. The summed E-state index contributed by atoms with van der Waals surface area (Å²) in [5.41, 5.74) is 3.33. The Hall–Kier alpha value is -3.34. The van der Waals surface area contributed by atoms with Crippen molar-refractivity contribution in [3.8, 4) is 0 Å². The van der Waals surface area contributed by atoms with Gasteiger partial charge in [-0.1, -0.05) is 48.5 Å². The average molecular weight is 402 g/mol. The molecule has 1 heterocycles. The Morgan fingerprint density at radius 3 is 2.37 bits per heavy atom. The third-order valence-corrected chi connectivity index (χ3v) is 5.12. The van der Waals surface area contributed by atoms with Crippen LogP contribution in [0.3, 0.4) is 0 Å². The minimum absolute atomic E-state index is 0.00393. The fourth-order valence-corrected chi connectivity index (χ4v) is 3.46. The Bertz CT molecular complexity index is 1040. The molecule has 154 valence electrons. The molecule has 1 amide bonds. The number of nitrogens with zero attached hydrogens (tertiary/aromatic N) is 1. The Labute approximate surface area is 176 Å². The second-order valence-electron chi connectivity index (χ2n) is 7.38. The molecule has 0 atom stereocenters. The van der Waals surface area contributed by atoms with Gasteiger partial charge in [-0.3, -0.25) is 19.4 Å². The van der Waals surface area contributed by atoms with Gasteiger partial charge >= 0.3 is 0 Å². The van der Waals surface area contributed by atoms with Crippen LogP contribution in [0.2, 0.25) is 0 Å². The monoisotopic (exact) mass is 402 g/mol. The second kappa shape index (κ2) is 10.4. The molecular weight excluding hydrogens is 376 g/mol. The van der Waals surface area contributed by atoms with E-state index in [0.717, 1.165) is 22.0 Å². The van der Waals surface area contributed by atoms with Gasteiger partial charge in [0.05, 0.1) is 5.52 Å². The van der Waals surface area contributed by atoms with E-state index in [1.165, 1.54) is 0 Å². The van der Waals surface area contributed by atoms with Crippen molar-refractivity contribution in [3.63, 3.8) is 0 Å². The Balaban J connectivity index is 1.53. The summed E-state index contributed by atoms with van der Waals surface area (Å²) in [6.45, 7) is 0. The largest absolute Gasteiger partial charge is 0.359 e. The molecular formula is C25H26N2O3. The number of Topliss-reactive ketones (excluding diaryl/α,β-unsaturated/α-hetero) is 2. The first-order valence-corrected chi connectivity index (χ1v) is 10.2. The van der Waals surface area contributed by atoms with Gasteiger partial charge in [-0.15, -0.1) is 0 Å². The van der Waals surface area contributed by atoms with Crippen LogP contribution in [0, 0.1) is 0 Å². The maximum Gasteiger partial charge on any atom is 0.219 e. The summed E-state index contributed by atoms with van der Waals surface area (Å²) in [5.74, 6) is 0.170. The quantitative estimate of drug-likeness (QED) is 0.410. The molecule has 0 radical (unpaired) electrons. The van der Waals surface area contributed by atoms with Crippen LogP contribution in [-0.4, -0.2) is 29.5 Å². The van der Waals surface area contributed by atoms with Gasteiger partial charge in [-0.2, -0.15) is 0 Å². The molecule has 1 N–H and O–H groups in total. The van der Waals surface area contributed by atoms with E-state index < -0.39 is 0 Å². The zero-order valence-electron chi connectivity index (χ0n) is 17.2. The van der Waals surface area contributed by atoms with Gasteiger partial charge in [0.2, 0.25) is 5.91 Å². The summed E-state index contributed by atoms with van der Waals surface area (Å²) in [4.78, 5) is 40.5. The lowest BCUT2D eigenvalue weighted by molar-refractivity contribution is -0.120. The van der Waals surface area contributed by atoms with Crippen LogP contribution in [0.5, 0.6) is 0 Å². The van der Waals surface area contributed by atoms with Crippen LogP contribution in [-0.2, 0) is 22.4 Å². The first kappa shape index (κ1) is 21.4.